The molecule has 0 aliphatic heterocycles. The molecule has 0 amide bonds. The maximum absolute atomic E-state index is 11.7. The normalized spacial score (nSPS) is 10.2. The van der Waals surface area contributed by atoms with Crippen molar-refractivity contribution in [2.24, 2.45) is 0 Å². The molecule has 17 heavy (non-hydrogen) atoms. The average Bonchev–Trinajstić information content (AvgIpc) is 2.38. The number of aryl methyl sites for hydroxylation is 1. The second kappa shape index (κ2) is 7.80. The number of hydrogen-bond donors (Lipinski definition) is 0. The number of ether oxygens (including phenoxy) is 1. The fraction of sp³-hybridized carbons (Fsp3) is 0.400. The first-order valence-electron chi connectivity index (χ1n) is 6.08. The number of unbranched alkanes of at least 4 members (excludes halogenated alkanes) is 1. The summed E-state index contributed by atoms with van der Waals surface area (Å²) in [6, 6.07) is 7.72. The molecule has 0 atom stereocenters. The molecule has 0 unspecified atom stereocenters. The van der Waals surface area contributed by atoms with E-state index in [9.17, 15) is 4.79 Å². The molecule has 0 saturated heterocycles. The minimum absolute atomic E-state index is 0.0475. The molecule has 0 heterocycles. The molecule has 0 saturated carbocycles. The Kier molecular flexibility index (Phi) is 6.26. The van der Waals surface area contributed by atoms with Crippen LogP contribution in [0.5, 0.6) is 0 Å². The van der Waals surface area contributed by atoms with E-state index >= 15 is 0 Å². The maximum Gasteiger partial charge on any atom is 0.188 e. The van der Waals surface area contributed by atoms with Gasteiger partial charge in [0.25, 0.3) is 0 Å². The summed E-state index contributed by atoms with van der Waals surface area (Å²) >= 11 is 0. The van der Waals surface area contributed by atoms with Gasteiger partial charge in [-0.15, -0.1) is 6.58 Å². The van der Waals surface area contributed by atoms with Gasteiger partial charge in [-0.1, -0.05) is 37.3 Å². The Morgan fingerprint density at radius 1 is 1.35 bits per heavy atom. The Hall–Kier alpha value is -1.41. The molecular formula is C15H20O2. The van der Waals surface area contributed by atoms with Gasteiger partial charge in [0.1, 0.15) is 6.61 Å². The highest BCUT2D eigenvalue weighted by atomic mass is 16.5. The Morgan fingerprint density at radius 3 is 2.65 bits per heavy atom. The van der Waals surface area contributed by atoms with Crippen LogP contribution >= 0.6 is 0 Å². The summed E-state index contributed by atoms with van der Waals surface area (Å²) in [6.07, 6.45) is 4.70. The molecule has 2 heteroatoms. The Balaban J connectivity index is 2.33. The number of carbonyl (C=O) groups is 1. The van der Waals surface area contributed by atoms with Gasteiger partial charge >= 0.3 is 0 Å². The van der Waals surface area contributed by atoms with E-state index in [-0.39, 0.29) is 12.4 Å². The van der Waals surface area contributed by atoms with Gasteiger partial charge in [-0.05, 0) is 24.8 Å². The zero-order chi connectivity index (χ0) is 12.5. The van der Waals surface area contributed by atoms with Crippen molar-refractivity contribution in [3.05, 3.63) is 48.0 Å². The molecular weight excluding hydrogens is 212 g/mol. The molecule has 0 aliphatic rings. The van der Waals surface area contributed by atoms with Crippen LogP contribution in [0.2, 0.25) is 0 Å². The SMILES string of the molecule is C=CCCCOCC(=O)c1ccc(CC)cc1. The van der Waals surface area contributed by atoms with E-state index in [1.807, 2.05) is 30.3 Å². The van der Waals surface area contributed by atoms with E-state index in [1.54, 1.807) is 0 Å². The van der Waals surface area contributed by atoms with Gasteiger partial charge in [-0.3, -0.25) is 4.79 Å². The van der Waals surface area contributed by atoms with Crippen molar-refractivity contribution in [3.8, 4) is 0 Å². The molecule has 2 nitrogen and oxygen atoms in total. The lowest BCUT2D eigenvalue weighted by Crippen LogP contribution is -2.09. The van der Waals surface area contributed by atoms with Gasteiger partial charge in [0, 0.05) is 12.2 Å². The van der Waals surface area contributed by atoms with Crippen LogP contribution in [0.3, 0.4) is 0 Å². The molecule has 0 spiro atoms. The summed E-state index contributed by atoms with van der Waals surface area (Å²) < 4.78 is 5.31. The lowest BCUT2D eigenvalue weighted by atomic mass is 10.1. The van der Waals surface area contributed by atoms with Crippen molar-refractivity contribution in [2.75, 3.05) is 13.2 Å². The Labute approximate surface area is 103 Å². The van der Waals surface area contributed by atoms with E-state index in [1.165, 1.54) is 5.56 Å². The van der Waals surface area contributed by atoms with Crippen LogP contribution in [0.1, 0.15) is 35.7 Å². The smallest absolute Gasteiger partial charge is 0.188 e. The first-order valence-corrected chi connectivity index (χ1v) is 6.08. The average molecular weight is 232 g/mol. The van der Waals surface area contributed by atoms with Gasteiger partial charge < -0.3 is 4.74 Å². The van der Waals surface area contributed by atoms with Crippen LogP contribution in [-0.4, -0.2) is 19.0 Å². The van der Waals surface area contributed by atoms with Crippen LogP contribution in [0.4, 0.5) is 0 Å². The lowest BCUT2D eigenvalue weighted by Gasteiger charge is -2.03. The van der Waals surface area contributed by atoms with Crippen molar-refractivity contribution in [1.29, 1.82) is 0 Å². The number of allylic oxidation sites excluding steroid dienone is 1. The lowest BCUT2D eigenvalue weighted by molar-refractivity contribution is 0.0757. The third-order valence-corrected chi connectivity index (χ3v) is 2.61. The van der Waals surface area contributed by atoms with E-state index in [4.69, 9.17) is 4.74 Å². The Morgan fingerprint density at radius 2 is 2.06 bits per heavy atom. The number of rotatable bonds is 8. The number of benzene rings is 1. The van der Waals surface area contributed by atoms with Gasteiger partial charge in [-0.25, -0.2) is 0 Å². The van der Waals surface area contributed by atoms with E-state index < -0.39 is 0 Å². The molecule has 0 radical (unpaired) electrons. The van der Waals surface area contributed by atoms with E-state index in [0.29, 0.717) is 6.61 Å². The highest BCUT2D eigenvalue weighted by Crippen LogP contribution is 2.06. The monoisotopic (exact) mass is 232 g/mol. The summed E-state index contributed by atoms with van der Waals surface area (Å²) in [4.78, 5) is 11.7. The Bertz CT molecular complexity index is 352. The van der Waals surface area contributed by atoms with Crippen molar-refractivity contribution < 1.29 is 9.53 Å². The van der Waals surface area contributed by atoms with Crippen LogP contribution in [-0.2, 0) is 11.2 Å². The summed E-state index contributed by atoms with van der Waals surface area (Å²) in [6.45, 7) is 6.52. The van der Waals surface area contributed by atoms with Gasteiger partial charge in [0.15, 0.2) is 5.78 Å². The molecule has 0 bridgehead atoms. The summed E-state index contributed by atoms with van der Waals surface area (Å²) in [5, 5.41) is 0. The van der Waals surface area contributed by atoms with Crippen molar-refractivity contribution in [3.63, 3.8) is 0 Å². The largest absolute Gasteiger partial charge is 0.373 e. The van der Waals surface area contributed by atoms with Crippen molar-refractivity contribution >= 4 is 5.78 Å². The van der Waals surface area contributed by atoms with Crippen LogP contribution in [0.25, 0.3) is 0 Å². The van der Waals surface area contributed by atoms with Crippen molar-refractivity contribution in [1.82, 2.24) is 0 Å². The summed E-state index contributed by atoms with van der Waals surface area (Å²) in [5.74, 6) is 0.0475. The van der Waals surface area contributed by atoms with E-state index in [2.05, 4.69) is 13.5 Å². The first kappa shape index (κ1) is 13.7. The number of hydrogen-bond acceptors (Lipinski definition) is 2. The fourth-order valence-corrected chi connectivity index (χ4v) is 1.50. The van der Waals surface area contributed by atoms with Crippen LogP contribution in [0, 0.1) is 0 Å². The second-order valence-corrected chi connectivity index (χ2v) is 3.96. The highest BCUT2D eigenvalue weighted by Gasteiger charge is 2.05. The quantitative estimate of drug-likeness (QED) is 0.390. The number of ketones is 1. The zero-order valence-electron chi connectivity index (χ0n) is 10.4. The predicted octanol–water partition coefficient (Wildman–Crippen LogP) is 3.41. The summed E-state index contributed by atoms with van der Waals surface area (Å²) in [7, 11) is 0. The predicted molar refractivity (Wildman–Crippen MR) is 70.4 cm³/mol. The van der Waals surface area contributed by atoms with Crippen LogP contribution in [0.15, 0.2) is 36.9 Å². The fourth-order valence-electron chi connectivity index (χ4n) is 1.50. The highest BCUT2D eigenvalue weighted by molar-refractivity contribution is 5.97. The van der Waals surface area contributed by atoms with Gasteiger partial charge in [-0.2, -0.15) is 0 Å². The molecule has 1 aromatic rings. The van der Waals surface area contributed by atoms with Gasteiger partial charge in [0.05, 0.1) is 0 Å². The standard InChI is InChI=1S/C15H20O2/c1-3-5-6-11-17-12-15(16)14-9-7-13(4-2)8-10-14/h3,7-10H,1,4-6,11-12H2,2H3. The second-order valence-electron chi connectivity index (χ2n) is 3.96. The van der Waals surface area contributed by atoms with Gasteiger partial charge in [0.2, 0.25) is 0 Å². The molecule has 0 aromatic heterocycles. The number of carbonyl (C=O) groups excluding carboxylic acids is 1. The first-order chi connectivity index (χ1) is 8.27. The molecule has 0 aliphatic carbocycles. The maximum atomic E-state index is 11.7. The molecule has 1 rings (SSSR count). The molecule has 0 N–H and O–H groups in total. The molecule has 0 fully saturated rings. The minimum Gasteiger partial charge on any atom is -0.373 e. The molecule has 1 aromatic carbocycles. The molecule has 92 valence electrons. The van der Waals surface area contributed by atoms with E-state index in [0.717, 1.165) is 24.8 Å². The zero-order valence-corrected chi connectivity index (χ0v) is 10.4. The minimum atomic E-state index is 0.0475. The third kappa shape index (κ3) is 4.96. The topological polar surface area (TPSA) is 26.3 Å². The van der Waals surface area contributed by atoms with Crippen LogP contribution < -0.4 is 0 Å². The third-order valence-electron chi connectivity index (χ3n) is 2.61. The number of Topliss-reactive ketones (excluding diaryl/α,β-unsaturated/α-hetero) is 1. The summed E-state index contributed by atoms with van der Waals surface area (Å²) in [5.41, 5.74) is 1.97. The van der Waals surface area contributed by atoms with Crippen molar-refractivity contribution in [2.45, 2.75) is 26.2 Å².